The average Bonchev–Trinajstić information content (AvgIpc) is 2.80. The first-order valence-electron chi connectivity index (χ1n) is 7.53. The van der Waals surface area contributed by atoms with Crippen molar-refractivity contribution >= 4 is 23.4 Å². The number of benzene rings is 1. The Bertz CT molecular complexity index is 809. The highest BCUT2D eigenvalue weighted by molar-refractivity contribution is 7.99. The standard InChI is InChI=1S/C17H19N3O2S/c1-10-4-11(2)6-13(5-10)19-15(21)8-14-9-23-17-18-12(3)7-16(22)20(14)17/h4-7,14H,8-9H2,1-3H3,(H,19,21)/t14-/m1/s1. The second kappa shape index (κ2) is 6.20. The fourth-order valence-corrected chi connectivity index (χ4v) is 4.08. The van der Waals surface area contributed by atoms with E-state index in [1.807, 2.05) is 32.9 Å². The number of carbonyl (C=O) groups is 1. The molecule has 1 amide bonds. The highest BCUT2D eigenvalue weighted by atomic mass is 32.2. The van der Waals surface area contributed by atoms with Crippen molar-refractivity contribution in [2.24, 2.45) is 0 Å². The molecule has 1 aromatic carbocycles. The van der Waals surface area contributed by atoms with E-state index in [-0.39, 0.29) is 23.9 Å². The molecule has 2 aromatic rings. The van der Waals surface area contributed by atoms with Crippen LogP contribution in [-0.4, -0.2) is 21.2 Å². The maximum atomic E-state index is 12.3. The van der Waals surface area contributed by atoms with Crippen molar-refractivity contribution in [3.8, 4) is 0 Å². The molecule has 6 heteroatoms. The van der Waals surface area contributed by atoms with Crippen LogP contribution >= 0.6 is 11.8 Å². The summed E-state index contributed by atoms with van der Waals surface area (Å²) >= 11 is 1.53. The van der Waals surface area contributed by atoms with Gasteiger partial charge in [-0.05, 0) is 44.0 Å². The molecule has 0 radical (unpaired) electrons. The molecule has 1 aliphatic rings. The molecule has 1 N–H and O–H groups in total. The average molecular weight is 329 g/mol. The van der Waals surface area contributed by atoms with Gasteiger partial charge in [0, 0.05) is 29.6 Å². The first-order chi connectivity index (χ1) is 10.9. The number of nitrogens with zero attached hydrogens (tertiary/aromatic N) is 2. The van der Waals surface area contributed by atoms with E-state index in [4.69, 9.17) is 0 Å². The minimum atomic E-state index is -0.137. The molecular weight excluding hydrogens is 310 g/mol. The lowest BCUT2D eigenvalue weighted by Crippen LogP contribution is -2.27. The highest BCUT2D eigenvalue weighted by Crippen LogP contribution is 2.32. The van der Waals surface area contributed by atoms with Gasteiger partial charge in [-0.2, -0.15) is 0 Å². The Morgan fingerprint density at radius 2 is 1.96 bits per heavy atom. The Kier molecular flexibility index (Phi) is 4.26. The fourth-order valence-electron chi connectivity index (χ4n) is 2.89. The summed E-state index contributed by atoms with van der Waals surface area (Å²) in [4.78, 5) is 28.8. The molecule has 1 atom stereocenters. The molecule has 2 heterocycles. The summed E-state index contributed by atoms with van der Waals surface area (Å²) in [5, 5.41) is 3.64. The van der Waals surface area contributed by atoms with Gasteiger partial charge in [0.1, 0.15) is 0 Å². The Balaban J connectivity index is 1.74. The third-order valence-corrected chi connectivity index (χ3v) is 4.84. The van der Waals surface area contributed by atoms with Gasteiger partial charge in [0.15, 0.2) is 5.16 Å². The van der Waals surface area contributed by atoms with Crippen LogP contribution in [0.4, 0.5) is 5.69 Å². The van der Waals surface area contributed by atoms with Crippen LogP contribution in [0.2, 0.25) is 0 Å². The number of carbonyl (C=O) groups excluding carboxylic acids is 1. The second-order valence-electron chi connectivity index (χ2n) is 5.98. The molecule has 0 fully saturated rings. The van der Waals surface area contributed by atoms with Crippen molar-refractivity contribution in [1.82, 2.24) is 9.55 Å². The zero-order valence-electron chi connectivity index (χ0n) is 13.4. The highest BCUT2D eigenvalue weighted by Gasteiger charge is 2.27. The van der Waals surface area contributed by atoms with Crippen molar-refractivity contribution in [2.45, 2.75) is 38.4 Å². The van der Waals surface area contributed by atoms with E-state index in [1.54, 1.807) is 4.57 Å². The summed E-state index contributed by atoms with van der Waals surface area (Å²) in [6, 6.07) is 7.33. The molecule has 1 aliphatic heterocycles. The summed E-state index contributed by atoms with van der Waals surface area (Å²) in [5.74, 6) is 0.618. The Hall–Kier alpha value is -2.08. The number of hydrogen-bond donors (Lipinski definition) is 1. The Morgan fingerprint density at radius 3 is 2.65 bits per heavy atom. The molecule has 1 aromatic heterocycles. The Labute approximate surface area is 139 Å². The van der Waals surface area contributed by atoms with Crippen molar-refractivity contribution in [1.29, 1.82) is 0 Å². The molecule has 5 nitrogen and oxygen atoms in total. The number of hydrogen-bond acceptors (Lipinski definition) is 4. The molecule has 0 saturated carbocycles. The summed E-state index contributed by atoms with van der Waals surface area (Å²) in [5.41, 5.74) is 3.65. The minimum Gasteiger partial charge on any atom is -0.326 e. The summed E-state index contributed by atoms with van der Waals surface area (Å²) < 4.78 is 1.64. The van der Waals surface area contributed by atoms with Gasteiger partial charge >= 0.3 is 0 Å². The number of aromatic nitrogens is 2. The summed E-state index contributed by atoms with van der Waals surface area (Å²) in [6.45, 7) is 5.81. The molecule has 0 unspecified atom stereocenters. The van der Waals surface area contributed by atoms with E-state index in [0.717, 1.165) is 16.8 Å². The number of aryl methyl sites for hydroxylation is 3. The van der Waals surface area contributed by atoms with E-state index in [1.165, 1.54) is 17.8 Å². The van der Waals surface area contributed by atoms with Crippen LogP contribution < -0.4 is 10.9 Å². The number of anilines is 1. The zero-order valence-corrected chi connectivity index (χ0v) is 14.2. The molecule has 0 spiro atoms. The third-order valence-electron chi connectivity index (χ3n) is 3.74. The lowest BCUT2D eigenvalue weighted by Gasteiger charge is -2.14. The third kappa shape index (κ3) is 3.47. The summed E-state index contributed by atoms with van der Waals surface area (Å²) in [7, 11) is 0. The van der Waals surface area contributed by atoms with Gasteiger partial charge < -0.3 is 5.32 Å². The molecule has 23 heavy (non-hydrogen) atoms. The predicted octanol–water partition coefficient (Wildman–Crippen LogP) is 2.84. The molecule has 0 bridgehead atoms. The normalized spacial score (nSPS) is 16.2. The zero-order chi connectivity index (χ0) is 16.6. The van der Waals surface area contributed by atoms with Crippen LogP contribution in [0, 0.1) is 20.8 Å². The van der Waals surface area contributed by atoms with Crippen LogP contribution in [-0.2, 0) is 4.79 Å². The van der Waals surface area contributed by atoms with Gasteiger partial charge in [0.05, 0.1) is 6.04 Å². The number of nitrogens with one attached hydrogen (secondary N) is 1. The first-order valence-corrected chi connectivity index (χ1v) is 8.52. The molecular formula is C17H19N3O2S. The van der Waals surface area contributed by atoms with Gasteiger partial charge in [-0.3, -0.25) is 14.2 Å². The molecule has 0 aliphatic carbocycles. The van der Waals surface area contributed by atoms with Crippen molar-refractivity contribution in [2.75, 3.05) is 11.1 Å². The van der Waals surface area contributed by atoms with Crippen molar-refractivity contribution in [3.63, 3.8) is 0 Å². The van der Waals surface area contributed by atoms with Gasteiger partial charge in [-0.1, -0.05) is 17.8 Å². The van der Waals surface area contributed by atoms with Crippen molar-refractivity contribution < 1.29 is 4.79 Å². The van der Waals surface area contributed by atoms with Crippen molar-refractivity contribution in [3.05, 3.63) is 51.4 Å². The van der Waals surface area contributed by atoms with E-state index < -0.39 is 0 Å². The minimum absolute atomic E-state index is 0.0818. The van der Waals surface area contributed by atoms with Gasteiger partial charge in [-0.15, -0.1) is 0 Å². The molecule has 3 rings (SSSR count). The number of amides is 1. The smallest absolute Gasteiger partial charge is 0.254 e. The van der Waals surface area contributed by atoms with E-state index in [2.05, 4.69) is 16.4 Å². The van der Waals surface area contributed by atoms with E-state index in [0.29, 0.717) is 16.6 Å². The molecule has 0 saturated heterocycles. The topological polar surface area (TPSA) is 64.0 Å². The predicted molar refractivity (Wildman–Crippen MR) is 92.2 cm³/mol. The monoisotopic (exact) mass is 329 g/mol. The maximum absolute atomic E-state index is 12.3. The van der Waals surface area contributed by atoms with Crippen LogP contribution in [0.15, 0.2) is 34.2 Å². The van der Waals surface area contributed by atoms with Gasteiger partial charge in [0.25, 0.3) is 5.56 Å². The lowest BCUT2D eigenvalue weighted by atomic mass is 10.1. The fraction of sp³-hybridized carbons (Fsp3) is 0.353. The summed E-state index contributed by atoms with van der Waals surface area (Å²) in [6.07, 6.45) is 0.275. The van der Waals surface area contributed by atoms with Gasteiger partial charge in [0.2, 0.25) is 5.91 Å². The van der Waals surface area contributed by atoms with E-state index in [9.17, 15) is 9.59 Å². The van der Waals surface area contributed by atoms with E-state index >= 15 is 0 Å². The number of fused-ring (bicyclic) bond motifs is 1. The largest absolute Gasteiger partial charge is 0.326 e. The number of thioether (sulfide) groups is 1. The van der Waals surface area contributed by atoms with Gasteiger partial charge in [-0.25, -0.2) is 4.98 Å². The Morgan fingerprint density at radius 1 is 1.26 bits per heavy atom. The molecule has 120 valence electrons. The number of rotatable bonds is 3. The lowest BCUT2D eigenvalue weighted by molar-refractivity contribution is -0.116. The second-order valence-corrected chi connectivity index (χ2v) is 6.97. The SMILES string of the molecule is Cc1cc(C)cc(NC(=O)C[C@@H]2CSc3nc(C)cc(=O)n32)c1. The first kappa shape index (κ1) is 15.8. The van der Waals surface area contributed by atoms with Crippen LogP contribution in [0.1, 0.15) is 29.3 Å². The van der Waals surface area contributed by atoms with Crippen LogP contribution in [0.3, 0.4) is 0 Å². The van der Waals surface area contributed by atoms with Crippen LogP contribution in [0.5, 0.6) is 0 Å². The van der Waals surface area contributed by atoms with Crippen LogP contribution in [0.25, 0.3) is 0 Å². The maximum Gasteiger partial charge on any atom is 0.254 e. The quantitative estimate of drug-likeness (QED) is 0.880.